The van der Waals surface area contributed by atoms with Gasteiger partial charge in [-0.25, -0.2) is 0 Å². The Kier molecular flexibility index (Phi) is 4.82. The second-order valence-electron chi connectivity index (χ2n) is 5.86. The van der Waals surface area contributed by atoms with Crippen molar-refractivity contribution in [3.63, 3.8) is 0 Å². The molecular formula is C18H19Br2N. The Balaban J connectivity index is 1.54. The minimum absolute atomic E-state index is 0.409. The van der Waals surface area contributed by atoms with Gasteiger partial charge in [0, 0.05) is 21.0 Å². The molecule has 0 bridgehead atoms. The van der Waals surface area contributed by atoms with Crippen molar-refractivity contribution < 1.29 is 0 Å². The molecule has 3 rings (SSSR count). The van der Waals surface area contributed by atoms with Crippen LogP contribution >= 0.6 is 31.9 Å². The van der Waals surface area contributed by atoms with E-state index in [1.165, 1.54) is 28.4 Å². The van der Waals surface area contributed by atoms with Crippen LogP contribution in [0.15, 0.2) is 57.5 Å². The van der Waals surface area contributed by atoms with Gasteiger partial charge in [-0.15, -0.1) is 0 Å². The zero-order valence-corrected chi connectivity index (χ0v) is 15.2. The maximum atomic E-state index is 3.74. The molecule has 0 aliphatic heterocycles. The molecule has 0 heterocycles. The first-order valence-electron chi connectivity index (χ1n) is 7.39. The van der Waals surface area contributed by atoms with Gasteiger partial charge >= 0.3 is 0 Å². The summed E-state index contributed by atoms with van der Waals surface area (Å²) in [5.74, 6) is 0.706. The molecule has 1 aliphatic carbocycles. The summed E-state index contributed by atoms with van der Waals surface area (Å²) in [4.78, 5) is 0. The molecule has 2 aromatic rings. The van der Waals surface area contributed by atoms with Crippen molar-refractivity contribution in [2.24, 2.45) is 0 Å². The van der Waals surface area contributed by atoms with E-state index in [4.69, 9.17) is 0 Å². The van der Waals surface area contributed by atoms with Gasteiger partial charge < -0.3 is 5.32 Å². The van der Waals surface area contributed by atoms with Crippen molar-refractivity contribution in [2.75, 3.05) is 0 Å². The van der Waals surface area contributed by atoms with E-state index in [1.54, 1.807) is 0 Å². The van der Waals surface area contributed by atoms with Gasteiger partial charge in [0.2, 0.25) is 0 Å². The van der Waals surface area contributed by atoms with Gasteiger partial charge in [0.05, 0.1) is 0 Å². The third-order valence-electron chi connectivity index (χ3n) is 4.31. The normalized spacial score (nSPS) is 22.6. The van der Waals surface area contributed by atoms with Gasteiger partial charge in [-0.2, -0.15) is 0 Å². The molecule has 1 saturated carbocycles. The number of hydrogen-bond acceptors (Lipinski definition) is 1. The van der Waals surface area contributed by atoms with Gasteiger partial charge in [0.15, 0.2) is 0 Å². The van der Waals surface area contributed by atoms with Crippen molar-refractivity contribution in [1.82, 2.24) is 5.32 Å². The lowest BCUT2D eigenvalue weighted by atomic mass is 9.75. The highest BCUT2D eigenvalue weighted by Gasteiger charge is 2.31. The highest BCUT2D eigenvalue weighted by atomic mass is 79.9. The van der Waals surface area contributed by atoms with Crippen molar-refractivity contribution in [2.45, 2.75) is 37.8 Å². The van der Waals surface area contributed by atoms with Crippen LogP contribution in [0.1, 0.15) is 42.9 Å². The number of nitrogens with one attached hydrogen (secondary N) is 1. The summed E-state index contributed by atoms with van der Waals surface area (Å²) in [5.41, 5.74) is 2.81. The van der Waals surface area contributed by atoms with E-state index in [-0.39, 0.29) is 0 Å². The minimum Gasteiger partial charge on any atom is -0.307 e. The Morgan fingerprint density at radius 3 is 2.38 bits per heavy atom. The van der Waals surface area contributed by atoms with Crippen molar-refractivity contribution in [3.05, 3.63) is 68.6 Å². The summed E-state index contributed by atoms with van der Waals surface area (Å²) < 4.78 is 2.32. The zero-order valence-electron chi connectivity index (χ0n) is 12.0. The fourth-order valence-corrected chi connectivity index (χ4v) is 3.67. The molecule has 0 spiro atoms. The molecule has 0 saturated heterocycles. The Hall–Kier alpha value is -0.640. The monoisotopic (exact) mass is 407 g/mol. The summed E-state index contributed by atoms with van der Waals surface area (Å²) in [6, 6.07) is 18.3. The van der Waals surface area contributed by atoms with Crippen molar-refractivity contribution in [3.8, 4) is 0 Å². The van der Waals surface area contributed by atoms with Crippen LogP contribution in [0, 0.1) is 0 Å². The summed E-state index contributed by atoms with van der Waals surface area (Å²) >= 11 is 7.04. The Morgan fingerprint density at radius 1 is 1.00 bits per heavy atom. The van der Waals surface area contributed by atoms with Gasteiger partial charge in [-0.1, -0.05) is 56.1 Å². The smallest absolute Gasteiger partial charge is 0.0294 e. The molecule has 0 radical (unpaired) electrons. The van der Waals surface area contributed by atoms with E-state index in [9.17, 15) is 0 Å². The third-order valence-corrected chi connectivity index (χ3v) is 5.34. The van der Waals surface area contributed by atoms with Crippen LogP contribution in [-0.4, -0.2) is 6.04 Å². The topological polar surface area (TPSA) is 12.0 Å². The molecule has 0 aromatic heterocycles. The van der Waals surface area contributed by atoms with Gasteiger partial charge in [-0.3, -0.25) is 0 Å². The van der Waals surface area contributed by atoms with Gasteiger partial charge in [-0.05, 0) is 61.1 Å². The average Bonchev–Trinajstić information content (AvgIpc) is 2.43. The highest BCUT2D eigenvalue weighted by molar-refractivity contribution is 9.10. The second kappa shape index (κ2) is 6.64. The summed E-state index contributed by atoms with van der Waals surface area (Å²) in [6.45, 7) is 2.25. The molecule has 0 amide bonds. The summed E-state index contributed by atoms with van der Waals surface area (Å²) in [5, 5.41) is 3.74. The number of rotatable bonds is 4. The maximum absolute atomic E-state index is 3.74. The lowest BCUT2D eigenvalue weighted by molar-refractivity contribution is 0.271. The Bertz CT molecular complexity index is 603. The molecular weight excluding hydrogens is 390 g/mol. The van der Waals surface area contributed by atoms with E-state index in [0.29, 0.717) is 18.0 Å². The average molecular weight is 409 g/mol. The van der Waals surface area contributed by atoms with Gasteiger partial charge in [0.25, 0.3) is 0 Å². The van der Waals surface area contributed by atoms with Crippen LogP contribution in [0.4, 0.5) is 0 Å². The number of hydrogen-bond donors (Lipinski definition) is 1. The fraction of sp³-hybridized carbons (Fsp3) is 0.333. The van der Waals surface area contributed by atoms with Crippen molar-refractivity contribution in [1.29, 1.82) is 0 Å². The first-order chi connectivity index (χ1) is 10.1. The largest absolute Gasteiger partial charge is 0.307 e. The number of benzene rings is 2. The summed E-state index contributed by atoms with van der Waals surface area (Å²) in [6.07, 6.45) is 2.47. The predicted octanol–water partition coefficient (Wildman–Crippen LogP) is 5.81. The molecule has 21 heavy (non-hydrogen) atoms. The van der Waals surface area contributed by atoms with Crippen LogP contribution in [0.3, 0.4) is 0 Å². The molecule has 1 atom stereocenters. The molecule has 110 valence electrons. The fourth-order valence-electron chi connectivity index (χ4n) is 2.99. The SMILES string of the molecule is C[C@@H](NC1CC(c2cccc(Br)c2)C1)c1ccc(Br)cc1. The van der Waals surface area contributed by atoms with E-state index in [2.05, 4.69) is 92.6 Å². The van der Waals surface area contributed by atoms with Crippen LogP contribution in [0.25, 0.3) is 0 Å². The Labute approximate surface area is 143 Å². The highest BCUT2D eigenvalue weighted by Crippen LogP contribution is 2.38. The third kappa shape index (κ3) is 3.77. The maximum Gasteiger partial charge on any atom is 0.0294 e. The van der Waals surface area contributed by atoms with Crippen LogP contribution in [-0.2, 0) is 0 Å². The molecule has 1 fully saturated rings. The van der Waals surface area contributed by atoms with E-state index in [0.717, 1.165) is 4.47 Å². The van der Waals surface area contributed by atoms with E-state index >= 15 is 0 Å². The molecule has 3 heteroatoms. The van der Waals surface area contributed by atoms with Gasteiger partial charge in [0.1, 0.15) is 0 Å². The molecule has 1 N–H and O–H groups in total. The summed E-state index contributed by atoms with van der Waals surface area (Å²) in [7, 11) is 0. The molecule has 1 nitrogen and oxygen atoms in total. The van der Waals surface area contributed by atoms with Crippen LogP contribution < -0.4 is 5.32 Å². The standard InChI is InChI=1S/C18H19Br2N/c1-12(13-5-7-16(19)8-6-13)21-18-10-15(11-18)14-3-2-4-17(20)9-14/h2-9,12,15,18,21H,10-11H2,1H3/t12-,15?,18?/m1/s1. The first-order valence-corrected chi connectivity index (χ1v) is 8.97. The molecule has 1 aliphatic rings. The molecule has 2 aromatic carbocycles. The van der Waals surface area contributed by atoms with E-state index in [1.807, 2.05) is 0 Å². The lowest BCUT2D eigenvalue weighted by Gasteiger charge is -2.38. The lowest BCUT2D eigenvalue weighted by Crippen LogP contribution is -2.41. The zero-order chi connectivity index (χ0) is 14.8. The van der Waals surface area contributed by atoms with Crippen molar-refractivity contribution >= 4 is 31.9 Å². The minimum atomic E-state index is 0.409. The first kappa shape index (κ1) is 15.3. The predicted molar refractivity (Wildman–Crippen MR) is 95.6 cm³/mol. The van der Waals surface area contributed by atoms with Crippen LogP contribution in [0.5, 0.6) is 0 Å². The second-order valence-corrected chi connectivity index (χ2v) is 7.69. The van der Waals surface area contributed by atoms with Crippen LogP contribution in [0.2, 0.25) is 0 Å². The quantitative estimate of drug-likeness (QED) is 0.673. The Morgan fingerprint density at radius 2 is 1.71 bits per heavy atom. The molecule has 0 unspecified atom stereocenters. The number of halogens is 2. The van der Waals surface area contributed by atoms with E-state index < -0.39 is 0 Å².